The Morgan fingerprint density at radius 3 is 2.56 bits per heavy atom. The number of hydrogen-bond donors (Lipinski definition) is 2. The molecule has 1 aromatic heterocycles. The fourth-order valence-corrected chi connectivity index (χ4v) is 3.86. The van der Waals surface area contributed by atoms with Crippen LogP contribution in [0.25, 0.3) is 17.4 Å². The maximum atomic E-state index is 13.1. The van der Waals surface area contributed by atoms with Crippen molar-refractivity contribution in [3.8, 4) is 17.1 Å². The van der Waals surface area contributed by atoms with E-state index < -0.39 is 17.8 Å². The minimum atomic E-state index is -1.14. The molecule has 10 heteroatoms. The van der Waals surface area contributed by atoms with Crippen LogP contribution in [0, 0.1) is 0 Å². The molecule has 34 heavy (non-hydrogen) atoms. The molecule has 0 bridgehead atoms. The molecule has 1 fully saturated rings. The van der Waals surface area contributed by atoms with Crippen LogP contribution in [0.3, 0.4) is 0 Å². The van der Waals surface area contributed by atoms with Gasteiger partial charge in [-0.25, -0.2) is 4.79 Å². The zero-order chi connectivity index (χ0) is 24.4. The number of ether oxygens (including phenoxy) is 1. The number of amides is 2. The summed E-state index contributed by atoms with van der Waals surface area (Å²) in [6.45, 7) is 2.37. The van der Waals surface area contributed by atoms with Crippen LogP contribution in [0.1, 0.15) is 23.0 Å². The standard InChI is InChI=1S/C24H17ClN2O6S/c1-2-32-15-6-4-14(5-7-15)27-22(29)18(21(28)26-24(27)34)12-16-8-10-20(33-16)13-3-9-17(23(30)31)19(25)11-13/h3-12H,2H2,1H3,(H,30,31)(H,26,28,34). The number of halogens is 1. The number of nitrogens with zero attached hydrogens (tertiary/aromatic N) is 1. The van der Waals surface area contributed by atoms with Crippen LogP contribution >= 0.6 is 23.8 Å². The maximum absolute atomic E-state index is 13.1. The number of anilines is 1. The second-order valence-electron chi connectivity index (χ2n) is 7.09. The first-order chi connectivity index (χ1) is 16.3. The highest BCUT2D eigenvalue weighted by Crippen LogP contribution is 2.29. The van der Waals surface area contributed by atoms with E-state index >= 15 is 0 Å². The van der Waals surface area contributed by atoms with Gasteiger partial charge in [0, 0.05) is 5.56 Å². The van der Waals surface area contributed by atoms with Crippen molar-refractivity contribution in [3.05, 3.63) is 76.5 Å². The third-order valence-corrected chi connectivity index (χ3v) is 5.50. The first-order valence-electron chi connectivity index (χ1n) is 10.1. The molecule has 0 unspecified atom stereocenters. The van der Waals surface area contributed by atoms with Gasteiger partial charge in [-0.1, -0.05) is 17.7 Å². The molecule has 4 rings (SSSR count). The van der Waals surface area contributed by atoms with Crippen molar-refractivity contribution < 1.29 is 28.6 Å². The van der Waals surface area contributed by atoms with Gasteiger partial charge in [-0.3, -0.25) is 19.8 Å². The smallest absolute Gasteiger partial charge is 0.337 e. The second kappa shape index (κ2) is 9.50. The summed E-state index contributed by atoms with van der Waals surface area (Å²) in [6.07, 6.45) is 1.32. The SMILES string of the molecule is CCOc1ccc(N2C(=O)C(=Cc3ccc(-c4ccc(C(=O)O)c(Cl)c4)o3)C(=O)NC2=S)cc1. The van der Waals surface area contributed by atoms with Crippen molar-refractivity contribution >= 4 is 58.5 Å². The number of rotatable bonds is 6. The second-order valence-corrected chi connectivity index (χ2v) is 7.88. The van der Waals surface area contributed by atoms with E-state index in [0.29, 0.717) is 29.4 Å². The fourth-order valence-electron chi connectivity index (χ4n) is 3.32. The number of hydrogen-bond acceptors (Lipinski definition) is 6. The summed E-state index contributed by atoms with van der Waals surface area (Å²) < 4.78 is 11.2. The molecule has 1 aliphatic heterocycles. The van der Waals surface area contributed by atoms with Crippen LogP contribution in [-0.4, -0.2) is 34.6 Å². The van der Waals surface area contributed by atoms with E-state index in [-0.39, 0.29) is 27.0 Å². The number of thiocarbonyl (C=S) groups is 1. The Bertz CT molecular complexity index is 1350. The van der Waals surface area contributed by atoms with Gasteiger partial charge in [0.05, 0.1) is 22.9 Å². The molecule has 0 radical (unpaired) electrons. The lowest BCUT2D eigenvalue weighted by Gasteiger charge is -2.28. The first kappa shape index (κ1) is 23.2. The van der Waals surface area contributed by atoms with E-state index in [1.54, 1.807) is 42.5 Å². The van der Waals surface area contributed by atoms with Crippen LogP contribution in [-0.2, 0) is 9.59 Å². The Morgan fingerprint density at radius 1 is 1.18 bits per heavy atom. The van der Waals surface area contributed by atoms with E-state index in [1.807, 2.05) is 6.92 Å². The predicted octanol–water partition coefficient (Wildman–Crippen LogP) is 4.53. The third kappa shape index (κ3) is 4.57. The number of nitrogens with one attached hydrogen (secondary N) is 1. The highest BCUT2D eigenvalue weighted by Gasteiger charge is 2.34. The molecule has 0 spiro atoms. The fraction of sp³-hybridized carbons (Fsp3) is 0.0833. The molecule has 172 valence electrons. The van der Waals surface area contributed by atoms with E-state index in [0.717, 1.165) is 0 Å². The average Bonchev–Trinajstić information content (AvgIpc) is 3.26. The van der Waals surface area contributed by atoms with Gasteiger partial charge in [-0.15, -0.1) is 0 Å². The Kier molecular flexibility index (Phi) is 6.49. The number of furan rings is 1. The van der Waals surface area contributed by atoms with Crippen molar-refractivity contribution in [2.75, 3.05) is 11.5 Å². The Hall–Kier alpha value is -3.95. The molecular weight excluding hydrogens is 480 g/mol. The minimum Gasteiger partial charge on any atom is -0.494 e. The summed E-state index contributed by atoms with van der Waals surface area (Å²) in [5.41, 5.74) is 0.811. The summed E-state index contributed by atoms with van der Waals surface area (Å²) in [4.78, 5) is 38.0. The largest absolute Gasteiger partial charge is 0.494 e. The normalized spacial score (nSPS) is 14.9. The van der Waals surface area contributed by atoms with Crippen molar-refractivity contribution in [2.45, 2.75) is 6.92 Å². The van der Waals surface area contributed by atoms with E-state index in [4.69, 9.17) is 38.1 Å². The van der Waals surface area contributed by atoms with Gasteiger partial charge >= 0.3 is 5.97 Å². The summed E-state index contributed by atoms with van der Waals surface area (Å²) in [7, 11) is 0. The molecule has 3 aromatic rings. The van der Waals surface area contributed by atoms with Crippen LogP contribution in [0.4, 0.5) is 5.69 Å². The monoisotopic (exact) mass is 496 g/mol. The predicted molar refractivity (Wildman–Crippen MR) is 130 cm³/mol. The van der Waals surface area contributed by atoms with Crippen molar-refractivity contribution in [3.63, 3.8) is 0 Å². The molecule has 0 atom stereocenters. The van der Waals surface area contributed by atoms with Gasteiger partial charge in [0.2, 0.25) is 0 Å². The first-order valence-corrected chi connectivity index (χ1v) is 10.8. The molecule has 1 aliphatic rings. The lowest BCUT2D eigenvalue weighted by Crippen LogP contribution is -2.54. The zero-order valence-electron chi connectivity index (χ0n) is 17.7. The van der Waals surface area contributed by atoms with E-state index in [1.165, 1.54) is 23.1 Å². The Labute approximate surface area is 204 Å². The molecule has 2 amide bonds. The molecule has 1 saturated heterocycles. The van der Waals surface area contributed by atoms with Crippen molar-refractivity contribution in [1.29, 1.82) is 0 Å². The summed E-state index contributed by atoms with van der Waals surface area (Å²) in [5.74, 6) is -1.13. The van der Waals surface area contributed by atoms with E-state index in [9.17, 15) is 14.4 Å². The van der Waals surface area contributed by atoms with Gasteiger partial charge in [0.15, 0.2) is 5.11 Å². The number of carboxylic acids is 1. The number of aromatic carboxylic acids is 1. The molecule has 2 aromatic carbocycles. The molecule has 2 N–H and O–H groups in total. The summed E-state index contributed by atoms with van der Waals surface area (Å²) in [5, 5.41) is 11.7. The number of carbonyl (C=O) groups is 3. The van der Waals surface area contributed by atoms with E-state index in [2.05, 4.69) is 5.32 Å². The molecule has 0 saturated carbocycles. The molecule has 8 nitrogen and oxygen atoms in total. The highest BCUT2D eigenvalue weighted by molar-refractivity contribution is 7.80. The minimum absolute atomic E-state index is 0.0332. The van der Waals surface area contributed by atoms with Crippen LogP contribution in [0.5, 0.6) is 5.75 Å². The zero-order valence-corrected chi connectivity index (χ0v) is 19.3. The lowest BCUT2D eigenvalue weighted by molar-refractivity contribution is -0.122. The number of carboxylic acid groups (broad SMARTS) is 1. The molecule has 2 heterocycles. The number of benzene rings is 2. The van der Waals surface area contributed by atoms with Gasteiger partial charge in [0.25, 0.3) is 11.8 Å². The topological polar surface area (TPSA) is 109 Å². The number of carbonyl (C=O) groups excluding carboxylic acids is 2. The van der Waals surface area contributed by atoms with Crippen LogP contribution in [0.2, 0.25) is 5.02 Å². The average molecular weight is 497 g/mol. The lowest BCUT2D eigenvalue weighted by atomic mass is 10.1. The highest BCUT2D eigenvalue weighted by atomic mass is 35.5. The molecular formula is C24H17ClN2O6S. The third-order valence-electron chi connectivity index (χ3n) is 4.90. The van der Waals surface area contributed by atoms with Gasteiger partial charge in [0.1, 0.15) is 22.8 Å². The van der Waals surface area contributed by atoms with Gasteiger partial charge in [-0.05, 0) is 73.7 Å². The Balaban J connectivity index is 1.62. The maximum Gasteiger partial charge on any atom is 0.337 e. The Morgan fingerprint density at radius 2 is 1.91 bits per heavy atom. The summed E-state index contributed by atoms with van der Waals surface area (Å²) in [6, 6.07) is 14.3. The quantitative estimate of drug-likeness (QED) is 0.293. The van der Waals surface area contributed by atoms with Crippen LogP contribution in [0.15, 0.2) is 64.6 Å². The molecule has 0 aliphatic carbocycles. The van der Waals surface area contributed by atoms with Gasteiger partial charge in [-0.2, -0.15) is 0 Å². The summed E-state index contributed by atoms with van der Waals surface area (Å²) >= 11 is 11.2. The van der Waals surface area contributed by atoms with Crippen molar-refractivity contribution in [2.24, 2.45) is 0 Å². The van der Waals surface area contributed by atoms with Crippen molar-refractivity contribution in [1.82, 2.24) is 5.32 Å². The van der Waals surface area contributed by atoms with Crippen LogP contribution < -0.4 is 15.0 Å². The van der Waals surface area contributed by atoms with Gasteiger partial charge < -0.3 is 14.3 Å².